The summed E-state index contributed by atoms with van der Waals surface area (Å²) in [5.41, 5.74) is 7.71. The van der Waals surface area contributed by atoms with Crippen molar-refractivity contribution in [2.24, 2.45) is 28.4 Å². The van der Waals surface area contributed by atoms with Crippen molar-refractivity contribution in [2.45, 2.75) is 82.3 Å². The molecule has 11 heteroatoms. The Morgan fingerprint density at radius 1 is 0.872 bits per heavy atom. The van der Waals surface area contributed by atoms with E-state index in [0.717, 1.165) is 49.7 Å². The van der Waals surface area contributed by atoms with Crippen molar-refractivity contribution in [3.8, 4) is 5.75 Å². The minimum absolute atomic E-state index is 0.0922. The van der Waals surface area contributed by atoms with Crippen LogP contribution >= 0.6 is 11.8 Å². The maximum absolute atomic E-state index is 13.8. The number of hydrogen-bond acceptors (Lipinski definition) is 7. The Morgan fingerprint density at radius 3 is 2.15 bits per heavy atom. The van der Waals surface area contributed by atoms with Crippen molar-refractivity contribution in [2.75, 3.05) is 18.6 Å². The van der Waals surface area contributed by atoms with Crippen molar-refractivity contribution in [1.29, 1.82) is 0 Å². The average Bonchev–Trinajstić information content (AvgIpc) is 3.02. The van der Waals surface area contributed by atoms with Gasteiger partial charge in [0.1, 0.15) is 17.8 Å². The highest BCUT2D eigenvalue weighted by atomic mass is 32.2. The molecular formula is C36H48N4O6S. The van der Waals surface area contributed by atoms with E-state index in [9.17, 15) is 29.4 Å². The number of phenolic OH excluding ortho intramolecular Hbond substituents is 1. The fraction of sp³-hybridized carbons (Fsp3) is 0.556. The van der Waals surface area contributed by atoms with E-state index in [1.807, 2.05) is 36.6 Å². The van der Waals surface area contributed by atoms with E-state index >= 15 is 0 Å². The number of carbonyl (C=O) groups is 4. The number of rotatable bonds is 16. The zero-order valence-electron chi connectivity index (χ0n) is 27.1. The lowest BCUT2D eigenvalue weighted by Crippen LogP contribution is -2.58. The number of hydrogen-bond donors (Lipinski definition) is 6. The Bertz CT molecular complexity index is 1410. The van der Waals surface area contributed by atoms with E-state index in [4.69, 9.17) is 5.73 Å². The Kier molecular flexibility index (Phi) is 11.2. The maximum Gasteiger partial charge on any atom is 0.326 e. The number of nitrogens with two attached hydrogens (primary N) is 1. The number of benzene rings is 2. The standard InChI is InChI=1S/C36H48N4O6S/c1-47-12-11-29(34(45)46)40-33(44)30(15-23-5-3-2-4-6-23)39-31(42)20-35-16-25-13-26(17-35)19-36(18-25,21-35)22-38-32(43)28(37)14-24-7-9-27(41)10-8-24/h2-10,25-26,28-30,41H,11-22,37H2,1H3,(H,38,43)(H,39,42)(H,40,44)(H,45,46)/t25-,26+,28-,29-,30-,35?,36?/m0/s1. The first-order valence-electron chi connectivity index (χ1n) is 16.6. The molecule has 47 heavy (non-hydrogen) atoms. The number of carboxylic acid groups (broad SMARTS) is 1. The fourth-order valence-corrected chi connectivity index (χ4v) is 9.33. The molecule has 2 aromatic rings. The third-order valence-electron chi connectivity index (χ3n) is 10.4. The molecule has 10 nitrogen and oxygen atoms in total. The highest BCUT2D eigenvalue weighted by Gasteiger charge is 2.58. The van der Waals surface area contributed by atoms with Crippen LogP contribution in [0.5, 0.6) is 5.75 Å². The third kappa shape index (κ3) is 9.07. The second-order valence-corrected chi connectivity index (χ2v) is 15.3. The van der Waals surface area contributed by atoms with Gasteiger partial charge >= 0.3 is 5.97 Å². The first-order valence-corrected chi connectivity index (χ1v) is 18.0. The second kappa shape index (κ2) is 15.1. The van der Waals surface area contributed by atoms with Crippen LogP contribution in [-0.4, -0.2) is 70.6 Å². The quantitative estimate of drug-likeness (QED) is 0.159. The van der Waals surface area contributed by atoms with Gasteiger partial charge in [-0.2, -0.15) is 11.8 Å². The maximum atomic E-state index is 13.8. The Labute approximate surface area is 281 Å². The summed E-state index contributed by atoms with van der Waals surface area (Å²) in [5.74, 6) is -0.259. The van der Waals surface area contributed by atoms with Gasteiger partial charge in [-0.3, -0.25) is 14.4 Å². The van der Waals surface area contributed by atoms with Gasteiger partial charge in [-0.15, -0.1) is 0 Å². The lowest BCUT2D eigenvalue weighted by Gasteiger charge is -2.62. The van der Waals surface area contributed by atoms with Gasteiger partial charge in [0.25, 0.3) is 0 Å². The normalized spacial score (nSPS) is 26.2. The van der Waals surface area contributed by atoms with Crippen LogP contribution in [0.2, 0.25) is 0 Å². The van der Waals surface area contributed by atoms with Crippen LogP contribution in [0.25, 0.3) is 0 Å². The summed E-state index contributed by atoms with van der Waals surface area (Å²) in [7, 11) is 0. The largest absolute Gasteiger partial charge is 0.508 e. The SMILES string of the molecule is CSCC[C@H](NC(=O)[C@H](Cc1ccccc1)NC(=O)CC12C[C@@H]3C[C@@H](CC(CNC(=O)[C@@H](N)Cc4ccc(O)cc4)(C3)C1)C2)C(=O)O. The number of aromatic hydroxyl groups is 1. The molecule has 7 atom stereocenters. The zero-order valence-corrected chi connectivity index (χ0v) is 27.9. The second-order valence-electron chi connectivity index (χ2n) is 14.3. The van der Waals surface area contributed by atoms with Crippen LogP contribution in [0.4, 0.5) is 0 Å². The summed E-state index contributed by atoms with van der Waals surface area (Å²) in [6.45, 7) is 0.525. The number of phenols is 1. The van der Waals surface area contributed by atoms with Crippen LogP contribution < -0.4 is 21.7 Å². The van der Waals surface area contributed by atoms with Crippen LogP contribution in [0.15, 0.2) is 54.6 Å². The first kappa shape index (κ1) is 34.8. The molecule has 4 saturated carbocycles. The number of carbonyl (C=O) groups excluding carboxylic acids is 3. The van der Waals surface area contributed by atoms with Crippen LogP contribution in [0.1, 0.15) is 62.5 Å². The molecule has 4 aliphatic carbocycles. The lowest BCUT2D eigenvalue weighted by atomic mass is 9.43. The van der Waals surface area contributed by atoms with Crippen LogP contribution in [-0.2, 0) is 32.0 Å². The van der Waals surface area contributed by atoms with Crippen molar-refractivity contribution >= 4 is 35.5 Å². The van der Waals surface area contributed by atoms with Gasteiger partial charge in [-0.05, 0) is 109 Å². The van der Waals surface area contributed by atoms with E-state index in [2.05, 4.69) is 16.0 Å². The van der Waals surface area contributed by atoms with Crippen molar-refractivity contribution in [1.82, 2.24) is 16.0 Å². The summed E-state index contributed by atoms with van der Waals surface area (Å²) < 4.78 is 0. The molecule has 0 radical (unpaired) electrons. The molecule has 2 unspecified atom stereocenters. The monoisotopic (exact) mass is 664 g/mol. The number of nitrogens with one attached hydrogen (secondary N) is 3. The predicted octanol–water partition coefficient (Wildman–Crippen LogP) is 3.40. The Hall–Kier alpha value is -3.57. The minimum atomic E-state index is -1.09. The highest BCUT2D eigenvalue weighted by Crippen LogP contribution is 2.66. The summed E-state index contributed by atoms with van der Waals surface area (Å²) in [4.78, 5) is 52.1. The number of thioether (sulfide) groups is 1. The highest BCUT2D eigenvalue weighted by molar-refractivity contribution is 7.98. The summed E-state index contributed by atoms with van der Waals surface area (Å²) in [5, 5.41) is 28.0. The lowest BCUT2D eigenvalue weighted by molar-refractivity contribution is -0.144. The first-order chi connectivity index (χ1) is 22.5. The van der Waals surface area contributed by atoms with E-state index in [0.29, 0.717) is 43.4 Å². The van der Waals surface area contributed by atoms with E-state index in [1.165, 1.54) is 11.8 Å². The fourth-order valence-electron chi connectivity index (χ4n) is 8.86. The molecule has 4 fully saturated rings. The van der Waals surface area contributed by atoms with Gasteiger partial charge in [-0.1, -0.05) is 42.5 Å². The molecule has 4 bridgehead atoms. The predicted molar refractivity (Wildman–Crippen MR) is 182 cm³/mol. The zero-order chi connectivity index (χ0) is 33.6. The molecule has 0 aliphatic heterocycles. The topological polar surface area (TPSA) is 171 Å². The number of aliphatic carboxylic acids is 1. The molecule has 0 saturated heterocycles. The van der Waals surface area contributed by atoms with Gasteiger partial charge in [0, 0.05) is 19.4 Å². The van der Waals surface area contributed by atoms with Crippen molar-refractivity contribution in [3.63, 3.8) is 0 Å². The third-order valence-corrected chi connectivity index (χ3v) is 11.0. The van der Waals surface area contributed by atoms with Crippen LogP contribution in [0, 0.1) is 22.7 Å². The Balaban J connectivity index is 1.23. The summed E-state index contributed by atoms with van der Waals surface area (Å²) in [6, 6.07) is 13.5. The number of carboxylic acids is 1. The summed E-state index contributed by atoms with van der Waals surface area (Å²) >= 11 is 1.51. The van der Waals surface area contributed by atoms with Gasteiger partial charge in [0.2, 0.25) is 17.7 Å². The Morgan fingerprint density at radius 2 is 1.51 bits per heavy atom. The molecule has 7 N–H and O–H groups in total. The molecule has 6 rings (SSSR count). The van der Waals surface area contributed by atoms with Gasteiger partial charge < -0.3 is 31.9 Å². The van der Waals surface area contributed by atoms with E-state index in [-0.39, 0.29) is 34.8 Å². The van der Waals surface area contributed by atoms with Gasteiger partial charge in [0.15, 0.2) is 0 Å². The van der Waals surface area contributed by atoms with Crippen molar-refractivity contribution < 1.29 is 29.4 Å². The average molecular weight is 665 g/mol. The smallest absolute Gasteiger partial charge is 0.326 e. The number of amides is 3. The molecule has 3 amide bonds. The minimum Gasteiger partial charge on any atom is -0.508 e. The van der Waals surface area contributed by atoms with E-state index in [1.54, 1.807) is 24.3 Å². The molecule has 2 aromatic carbocycles. The van der Waals surface area contributed by atoms with Gasteiger partial charge in [-0.25, -0.2) is 4.79 Å². The van der Waals surface area contributed by atoms with Crippen LogP contribution in [0.3, 0.4) is 0 Å². The molecule has 0 spiro atoms. The molecule has 4 aliphatic rings. The summed E-state index contributed by atoms with van der Waals surface area (Å²) in [6.07, 6.45) is 9.03. The van der Waals surface area contributed by atoms with E-state index < -0.39 is 30.0 Å². The van der Waals surface area contributed by atoms with Gasteiger partial charge in [0.05, 0.1) is 6.04 Å². The molecule has 0 aromatic heterocycles. The molecular weight excluding hydrogens is 616 g/mol. The van der Waals surface area contributed by atoms with Crippen molar-refractivity contribution in [3.05, 3.63) is 65.7 Å². The molecule has 254 valence electrons. The molecule has 0 heterocycles.